The molecular formula is C10H5ClFNO3. The summed E-state index contributed by atoms with van der Waals surface area (Å²) in [5, 5.41) is 8.53. The Morgan fingerprint density at radius 2 is 2.25 bits per heavy atom. The minimum absolute atomic E-state index is 0.0111. The number of carboxylic acid groups (broad SMARTS) is 1. The molecule has 0 amide bonds. The number of rotatable bonds is 2. The third kappa shape index (κ3) is 1.90. The molecule has 0 aliphatic rings. The van der Waals surface area contributed by atoms with Crippen molar-refractivity contribution in [2.24, 2.45) is 0 Å². The molecule has 0 radical (unpaired) electrons. The smallest absolute Gasteiger partial charge is 0.374 e. The molecular weight excluding hydrogens is 237 g/mol. The van der Waals surface area contributed by atoms with Crippen LogP contribution in [0.5, 0.6) is 0 Å². The summed E-state index contributed by atoms with van der Waals surface area (Å²) in [6.07, 6.45) is 0. The Morgan fingerprint density at radius 1 is 1.50 bits per heavy atom. The minimum atomic E-state index is -1.31. The number of hydrogen-bond acceptors (Lipinski definition) is 3. The lowest BCUT2D eigenvalue weighted by atomic mass is 10.1. The van der Waals surface area contributed by atoms with Crippen LogP contribution >= 0.6 is 11.6 Å². The van der Waals surface area contributed by atoms with Crippen LogP contribution in [0.1, 0.15) is 10.6 Å². The Bertz CT molecular complexity index is 553. The summed E-state index contributed by atoms with van der Waals surface area (Å²) < 4.78 is 17.7. The number of aromatic nitrogens is 1. The first-order chi connectivity index (χ1) is 7.58. The number of hydrogen-bond donors (Lipinski definition) is 1. The van der Waals surface area contributed by atoms with Crippen molar-refractivity contribution in [3.05, 3.63) is 41.2 Å². The van der Waals surface area contributed by atoms with Gasteiger partial charge >= 0.3 is 5.97 Å². The lowest BCUT2D eigenvalue weighted by Gasteiger charge is -1.97. The average molecular weight is 242 g/mol. The topological polar surface area (TPSA) is 63.3 Å². The van der Waals surface area contributed by atoms with Crippen molar-refractivity contribution in [3.63, 3.8) is 0 Å². The van der Waals surface area contributed by atoms with Crippen LogP contribution in [0.15, 0.2) is 28.7 Å². The van der Waals surface area contributed by atoms with E-state index in [1.54, 1.807) is 0 Å². The van der Waals surface area contributed by atoms with E-state index in [2.05, 4.69) is 4.98 Å². The Morgan fingerprint density at radius 3 is 2.88 bits per heavy atom. The summed E-state index contributed by atoms with van der Waals surface area (Å²) in [4.78, 5) is 14.5. The quantitative estimate of drug-likeness (QED) is 0.878. The molecule has 0 bridgehead atoms. The van der Waals surface area contributed by atoms with Crippen LogP contribution in [0.4, 0.5) is 4.39 Å². The van der Waals surface area contributed by atoms with Gasteiger partial charge in [-0.1, -0.05) is 12.1 Å². The van der Waals surface area contributed by atoms with Crippen LogP contribution in [0.2, 0.25) is 5.35 Å². The van der Waals surface area contributed by atoms with Crippen LogP contribution in [-0.4, -0.2) is 16.1 Å². The van der Waals surface area contributed by atoms with Crippen LogP contribution < -0.4 is 0 Å². The summed E-state index contributed by atoms with van der Waals surface area (Å²) >= 11 is 5.46. The van der Waals surface area contributed by atoms with E-state index in [0.29, 0.717) is 5.56 Å². The van der Waals surface area contributed by atoms with Crippen LogP contribution in [0.3, 0.4) is 0 Å². The molecule has 0 aliphatic heterocycles. The third-order valence-corrected chi connectivity index (χ3v) is 2.06. The molecule has 1 aromatic heterocycles. The van der Waals surface area contributed by atoms with Gasteiger partial charge in [0.15, 0.2) is 0 Å². The lowest BCUT2D eigenvalue weighted by Crippen LogP contribution is -1.96. The highest BCUT2D eigenvalue weighted by Crippen LogP contribution is 2.26. The molecule has 0 aliphatic carbocycles. The largest absolute Gasteiger partial charge is 0.475 e. The molecule has 6 heteroatoms. The molecule has 0 spiro atoms. The molecule has 2 rings (SSSR count). The van der Waals surface area contributed by atoms with Gasteiger partial charge in [0.2, 0.25) is 5.76 Å². The summed E-state index contributed by atoms with van der Waals surface area (Å²) in [5.74, 6) is -2.21. The first-order valence-electron chi connectivity index (χ1n) is 4.23. The van der Waals surface area contributed by atoms with Gasteiger partial charge in [0.25, 0.3) is 5.35 Å². The molecule has 0 atom stereocenters. The van der Waals surface area contributed by atoms with Crippen LogP contribution in [-0.2, 0) is 0 Å². The zero-order valence-corrected chi connectivity index (χ0v) is 8.53. The van der Waals surface area contributed by atoms with E-state index in [1.165, 1.54) is 18.2 Å². The first-order valence-corrected chi connectivity index (χ1v) is 4.61. The van der Waals surface area contributed by atoms with Gasteiger partial charge in [-0.3, -0.25) is 0 Å². The summed E-state index contributed by atoms with van der Waals surface area (Å²) in [6, 6.07) is 5.36. The number of halogens is 2. The van der Waals surface area contributed by atoms with Crippen molar-refractivity contribution < 1.29 is 18.7 Å². The molecule has 0 unspecified atom stereocenters. The van der Waals surface area contributed by atoms with E-state index in [9.17, 15) is 9.18 Å². The maximum Gasteiger partial charge on any atom is 0.374 e. The van der Waals surface area contributed by atoms with Crippen molar-refractivity contribution in [1.29, 1.82) is 0 Å². The maximum atomic E-state index is 13.0. The highest BCUT2D eigenvalue weighted by Gasteiger charge is 2.20. The minimum Gasteiger partial charge on any atom is -0.475 e. The monoisotopic (exact) mass is 241 g/mol. The van der Waals surface area contributed by atoms with E-state index >= 15 is 0 Å². The predicted octanol–water partition coefficient (Wildman–Crippen LogP) is 2.83. The van der Waals surface area contributed by atoms with Gasteiger partial charge in [-0.05, 0) is 23.7 Å². The van der Waals surface area contributed by atoms with Gasteiger partial charge in [-0.25, -0.2) is 9.18 Å². The van der Waals surface area contributed by atoms with Gasteiger partial charge < -0.3 is 9.52 Å². The zero-order chi connectivity index (χ0) is 11.7. The Kier molecular flexibility index (Phi) is 2.62. The molecule has 0 saturated carbocycles. The first kappa shape index (κ1) is 10.6. The highest BCUT2D eigenvalue weighted by atomic mass is 35.5. The van der Waals surface area contributed by atoms with Gasteiger partial charge in [0, 0.05) is 5.56 Å². The van der Waals surface area contributed by atoms with E-state index in [0.717, 1.165) is 6.07 Å². The Labute approximate surface area is 94.3 Å². The van der Waals surface area contributed by atoms with Crippen LogP contribution in [0, 0.1) is 5.82 Å². The fourth-order valence-electron chi connectivity index (χ4n) is 1.27. The predicted molar refractivity (Wildman–Crippen MR) is 53.9 cm³/mol. The SMILES string of the molecule is O=C(O)c1oc(Cl)nc1-c1cccc(F)c1. The second-order valence-electron chi connectivity index (χ2n) is 2.96. The van der Waals surface area contributed by atoms with Gasteiger partial charge in [-0.15, -0.1) is 0 Å². The maximum absolute atomic E-state index is 13.0. The Hall–Kier alpha value is -1.88. The van der Waals surface area contributed by atoms with E-state index < -0.39 is 17.5 Å². The summed E-state index contributed by atoms with van der Waals surface area (Å²) in [5.41, 5.74) is 0.310. The molecule has 1 heterocycles. The molecule has 2 aromatic rings. The number of aromatic carboxylic acids is 1. The Balaban J connectivity index is 2.59. The third-order valence-electron chi connectivity index (χ3n) is 1.89. The van der Waals surface area contributed by atoms with E-state index in [1.807, 2.05) is 0 Å². The summed E-state index contributed by atoms with van der Waals surface area (Å²) in [7, 11) is 0. The van der Waals surface area contributed by atoms with Crippen molar-refractivity contribution in [3.8, 4) is 11.3 Å². The number of carbonyl (C=O) groups is 1. The number of carboxylic acids is 1. The van der Waals surface area contributed by atoms with Crippen molar-refractivity contribution in [1.82, 2.24) is 4.98 Å². The van der Waals surface area contributed by atoms with Gasteiger partial charge in [-0.2, -0.15) is 4.98 Å². The fraction of sp³-hybridized carbons (Fsp3) is 0. The molecule has 0 fully saturated rings. The fourth-order valence-corrected chi connectivity index (χ4v) is 1.43. The van der Waals surface area contributed by atoms with Crippen molar-refractivity contribution in [2.45, 2.75) is 0 Å². The van der Waals surface area contributed by atoms with Crippen LogP contribution in [0.25, 0.3) is 11.3 Å². The standard InChI is InChI=1S/C10H5ClFNO3/c11-10-13-7(8(16-10)9(14)15)5-2-1-3-6(12)4-5/h1-4H,(H,14,15). The normalized spacial score (nSPS) is 10.4. The summed E-state index contributed by atoms with van der Waals surface area (Å²) in [6.45, 7) is 0. The molecule has 82 valence electrons. The molecule has 16 heavy (non-hydrogen) atoms. The molecule has 0 saturated heterocycles. The zero-order valence-electron chi connectivity index (χ0n) is 7.78. The molecule has 1 N–H and O–H groups in total. The molecule has 4 nitrogen and oxygen atoms in total. The highest BCUT2D eigenvalue weighted by molar-refractivity contribution is 6.28. The second kappa shape index (κ2) is 3.94. The van der Waals surface area contributed by atoms with E-state index in [-0.39, 0.29) is 11.0 Å². The van der Waals surface area contributed by atoms with Crippen molar-refractivity contribution >= 4 is 17.6 Å². The number of oxazole rings is 1. The van der Waals surface area contributed by atoms with Gasteiger partial charge in [0.05, 0.1) is 0 Å². The molecule has 1 aromatic carbocycles. The number of benzene rings is 1. The van der Waals surface area contributed by atoms with Crippen molar-refractivity contribution in [2.75, 3.05) is 0 Å². The van der Waals surface area contributed by atoms with E-state index in [4.69, 9.17) is 21.1 Å². The number of nitrogens with zero attached hydrogens (tertiary/aromatic N) is 1. The lowest BCUT2D eigenvalue weighted by molar-refractivity contribution is 0.0663. The second-order valence-corrected chi connectivity index (χ2v) is 3.28. The average Bonchev–Trinajstić information content (AvgIpc) is 2.60. The van der Waals surface area contributed by atoms with Gasteiger partial charge in [0.1, 0.15) is 11.5 Å².